The molecule has 2 aromatic rings. The minimum atomic E-state index is -3.43. The highest BCUT2D eigenvalue weighted by Gasteiger charge is 2.22. The molecule has 6 nitrogen and oxygen atoms in total. The average Bonchev–Trinajstić information content (AvgIpc) is 2.55. The number of halogens is 2. The van der Waals surface area contributed by atoms with Gasteiger partial charge in [0, 0.05) is 16.3 Å². The average molecular weight is 400 g/mol. The topological polar surface area (TPSA) is 89.5 Å². The van der Waals surface area contributed by atoms with Crippen molar-refractivity contribution >= 4 is 39.1 Å². The lowest BCUT2D eigenvalue weighted by atomic mass is 10.1. The van der Waals surface area contributed by atoms with Crippen LogP contribution >= 0.6 is 11.6 Å². The Morgan fingerprint density at radius 2 is 1.77 bits per heavy atom. The van der Waals surface area contributed by atoms with Crippen molar-refractivity contribution in [2.24, 2.45) is 0 Å². The molecule has 0 saturated heterocycles. The smallest absolute Gasteiger partial charge is 0.341 e. The first kappa shape index (κ1) is 19.9. The minimum absolute atomic E-state index is 0.159. The third kappa shape index (κ3) is 5.27. The van der Waals surface area contributed by atoms with Crippen molar-refractivity contribution in [3.05, 3.63) is 64.4 Å². The molecule has 0 aliphatic carbocycles. The summed E-state index contributed by atoms with van der Waals surface area (Å²) >= 11 is 5.73. The van der Waals surface area contributed by atoms with Gasteiger partial charge in [-0.05, 0) is 49.4 Å². The van der Waals surface area contributed by atoms with Gasteiger partial charge in [-0.25, -0.2) is 17.6 Å². The first-order chi connectivity index (χ1) is 12.1. The zero-order valence-corrected chi connectivity index (χ0v) is 15.4. The Morgan fingerprint density at radius 1 is 1.15 bits per heavy atom. The number of nitrogens with one attached hydrogen (secondary N) is 1. The number of sulfonamides is 1. The van der Waals surface area contributed by atoms with Crippen molar-refractivity contribution in [3.63, 3.8) is 0 Å². The molecular weight excluding hydrogens is 385 g/mol. The molecular formula is C17H15ClFNO5S. The summed E-state index contributed by atoms with van der Waals surface area (Å²) in [5, 5.41) is 0.159. The fourth-order valence-corrected chi connectivity index (χ4v) is 2.82. The molecule has 9 heteroatoms. The molecule has 0 spiro atoms. The van der Waals surface area contributed by atoms with Crippen LogP contribution in [0.2, 0.25) is 5.02 Å². The van der Waals surface area contributed by atoms with E-state index in [-0.39, 0.29) is 21.8 Å². The van der Waals surface area contributed by atoms with E-state index >= 15 is 0 Å². The van der Waals surface area contributed by atoms with Crippen molar-refractivity contribution in [2.45, 2.75) is 13.0 Å². The Bertz CT molecular complexity index is 944. The first-order valence-corrected chi connectivity index (χ1v) is 9.62. The summed E-state index contributed by atoms with van der Waals surface area (Å²) in [5.74, 6) is -2.34. The van der Waals surface area contributed by atoms with Crippen molar-refractivity contribution < 1.29 is 27.1 Å². The standard InChI is InChI=1S/C17H15ClFNO5S/c1-10(25-17(22)14-9-12(18)5-8-15(14)19)16(21)11-3-6-13(7-4-11)20-26(2,23)24/h3-10,20H,1-2H3/t10-/m0/s1. The van der Waals surface area contributed by atoms with Gasteiger partial charge >= 0.3 is 5.97 Å². The summed E-state index contributed by atoms with van der Waals surface area (Å²) in [4.78, 5) is 24.3. The van der Waals surface area contributed by atoms with Crippen LogP contribution in [0.3, 0.4) is 0 Å². The number of benzene rings is 2. The molecule has 0 fully saturated rings. The molecule has 138 valence electrons. The fraction of sp³-hybridized carbons (Fsp3) is 0.176. The monoisotopic (exact) mass is 399 g/mol. The lowest BCUT2D eigenvalue weighted by Crippen LogP contribution is -2.25. The number of hydrogen-bond donors (Lipinski definition) is 1. The summed E-state index contributed by atoms with van der Waals surface area (Å²) in [6, 6.07) is 9.01. The van der Waals surface area contributed by atoms with E-state index in [1.807, 2.05) is 0 Å². The molecule has 0 aromatic heterocycles. The molecule has 0 saturated carbocycles. The predicted octanol–water partition coefficient (Wildman–Crippen LogP) is 3.28. The van der Waals surface area contributed by atoms with Crippen LogP contribution in [0.25, 0.3) is 0 Å². The SMILES string of the molecule is C[C@H](OC(=O)c1cc(Cl)ccc1F)C(=O)c1ccc(NS(C)(=O)=O)cc1. The lowest BCUT2D eigenvalue weighted by molar-refractivity contribution is 0.0314. The summed E-state index contributed by atoms with van der Waals surface area (Å²) in [5.41, 5.74) is 0.121. The molecule has 0 radical (unpaired) electrons. The maximum Gasteiger partial charge on any atom is 0.341 e. The highest BCUT2D eigenvalue weighted by Crippen LogP contribution is 2.18. The van der Waals surface area contributed by atoms with Gasteiger partial charge in [-0.3, -0.25) is 9.52 Å². The number of rotatable bonds is 6. The van der Waals surface area contributed by atoms with E-state index in [2.05, 4.69) is 4.72 Å². The molecule has 0 bridgehead atoms. The maximum atomic E-state index is 13.7. The van der Waals surface area contributed by atoms with Crippen LogP contribution < -0.4 is 4.72 Å². The van der Waals surface area contributed by atoms with Crippen molar-refractivity contribution in [3.8, 4) is 0 Å². The molecule has 0 aliphatic rings. The Labute approximate surface area is 155 Å². The van der Waals surface area contributed by atoms with Gasteiger partial charge in [0.15, 0.2) is 6.10 Å². The first-order valence-electron chi connectivity index (χ1n) is 7.35. The van der Waals surface area contributed by atoms with Gasteiger partial charge in [0.05, 0.1) is 11.8 Å². The molecule has 0 heterocycles. The number of hydrogen-bond acceptors (Lipinski definition) is 5. The second-order valence-electron chi connectivity index (χ2n) is 5.49. The number of ether oxygens (including phenoxy) is 1. The van der Waals surface area contributed by atoms with E-state index in [9.17, 15) is 22.4 Å². The summed E-state index contributed by atoms with van der Waals surface area (Å²) in [6.07, 6.45) is -0.169. The van der Waals surface area contributed by atoms with Crippen LogP contribution in [0, 0.1) is 5.82 Å². The Morgan fingerprint density at radius 3 is 2.35 bits per heavy atom. The third-order valence-electron chi connectivity index (χ3n) is 3.27. The highest BCUT2D eigenvalue weighted by atomic mass is 35.5. The maximum absolute atomic E-state index is 13.7. The van der Waals surface area contributed by atoms with Gasteiger partial charge in [-0.2, -0.15) is 0 Å². The van der Waals surface area contributed by atoms with Gasteiger partial charge in [-0.1, -0.05) is 11.6 Å². The number of anilines is 1. The summed E-state index contributed by atoms with van der Waals surface area (Å²) in [6.45, 7) is 1.35. The largest absolute Gasteiger partial charge is 0.451 e. The number of ketones is 1. The van der Waals surface area contributed by atoms with E-state index in [1.54, 1.807) is 0 Å². The fourth-order valence-electron chi connectivity index (χ4n) is 2.08. The van der Waals surface area contributed by atoms with Crippen LogP contribution in [0.1, 0.15) is 27.6 Å². The Hall–Kier alpha value is -2.45. The normalized spacial score (nSPS) is 12.3. The number of carbonyl (C=O) groups excluding carboxylic acids is 2. The van der Waals surface area contributed by atoms with Crippen LogP contribution in [0.4, 0.5) is 10.1 Å². The van der Waals surface area contributed by atoms with Crippen LogP contribution in [-0.4, -0.2) is 32.5 Å². The second-order valence-corrected chi connectivity index (χ2v) is 7.67. The molecule has 0 unspecified atom stereocenters. The molecule has 26 heavy (non-hydrogen) atoms. The van der Waals surface area contributed by atoms with E-state index in [4.69, 9.17) is 16.3 Å². The molecule has 2 aromatic carbocycles. The predicted molar refractivity (Wildman–Crippen MR) is 95.5 cm³/mol. The van der Waals surface area contributed by atoms with Crippen LogP contribution in [0.5, 0.6) is 0 Å². The second kappa shape index (κ2) is 7.84. The van der Waals surface area contributed by atoms with Crippen molar-refractivity contribution in [2.75, 3.05) is 11.0 Å². The molecule has 0 aliphatic heterocycles. The summed E-state index contributed by atoms with van der Waals surface area (Å²) in [7, 11) is -3.43. The molecule has 0 amide bonds. The molecule has 1 N–H and O–H groups in total. The number of carbonyl (C=O) groups is 2. The zero-order valence-electron chi connectivity index (χ0n) is 13.8. The quantitative estimate of drug-likeness (QED) is 0.594. The summed E-state index contributed by atoms with van der Waals surface area (Å²) < 4.78 is 43.3. The number of esters is 1. The van der Waals surface area contributed by atoms with Gasteiger partial charge < -0.3 is 4.74 Å². The van der Waals surface area contributed by atoms with E-state index in [1.165, 1.54) is 37.3 Å². The molecule has 1 atom stereocenters. The van der Waals surface area contributed by atoms with Gasteiger partial charge in [-0.15, -0.1) is 0 Å². The van der Waals surface area contributed by atoms with E-state index < -0.39 is 33.7 Å². The van der Waals surface area contributed by atoms with Crippen LogP contribution in [-0.2, 0) is 14.8 Å². The highest BCUT2D eigenvalue weighted by molar-refractivity contribution is 7.92. The lowest BCUT2D eigenvalue weighted by Gasteiger charge is -2.13. The van der Waals surface area contributed by atoms with Crippen molar-refractivity contribution in [1.82, 2.24) is 0 Å². The number of Topliss-reactive ketones (excluding diaryl/α,β-unsaturated/α-hetero) is 1. The van der Waals surface area contributed by atoms with E-state index in [0.29, 0.717) is 0 Å². The van der Waals surface area contributed by atoms with Gasteiger partial charge in [0.1, 0.15) is 5.82 Å². The van der Waals surface area contributed by atoms with Crippen LogP contribution in [0.15, 0.2) is 42.5 Å². The van der Waals surface area contributed by atoms with Gasteiger partial charge in [0.2, 0.25) is 15.8 Å². The third-order valence-corrected chi connectivity index (χ3v) is 4.12. The Kier molecular flexibility index (Phi) is 5.99. The minimum Gasteiger partial charge on any atom is -0.451 e. The Balaban J connectivity index is 2.09. The zero-order chi connectivity index (χ0) is 19.5. The van der Waals surface area contributed by atoms with E-state index in [0.717, 1.165) is 18.4 Å². The molecule has 2 rings (SSSR count). The van der Waals surface area contributed by atoms with Crippen molar-refractivity contribution in [1.29, 1.82) is 0 Å². The van der Waals surface area contributed by atoms with Gasteiger partial charge in [0.25, 0.3) is 0 Å².